The fourth-order valence-electron chi connectivity index (χ4n) is 2.27. The van der Waals surface area contributed by atoms with Crippen LogP contribution in [0.2, 0.25) is 0 Å². The standard InChI is InChI=1S/C12H17F2N3/c1-12(13,14)9-4-7-17(8-5-9)11-10(15)3-2-6-16-11/h2-3,6,9H,4-5,7-8,15H2,1H3. The summed E-state index contributed by atoms with van der Waals surface area (Å²) in [7, 11) is 0. The molecule has 0 bridgehead atoms. The van der Waals surface area contributed by atoms with Crippen molar-refractivity contribution < 1.29 is 8.78 Å². The highest BCUT2D eigenvalue weighted by Crippen LogP contribution is 2.34. The lowest BCUT2D eigenvalue weighted by Crippen LogP contribution is -2.40. The van der Waals surface area contributed by atoms with Crippen LogP contribution in [-0.4, -0.2) is 24.0 Å². The number of anilines is 2. The van der Waals surface area contributed by atoms with Gasteiger partial charge in [-0.15, -0.1) is 0 Å². The van der Waals surface area contributed by atoms with E-state index >= 15 is 0 Å². The van der Waals surface area contributed by atoms with Crippen LogP contribution in [0.4, 0.5) is 20.3 Å². The molecule has 0 unspecified atom stereocenters. The number of nitrogens with two attached hydrogens (primary N) is 1. The molecular formula is C12H17F2N3. The number of pyridine rings is 1. The van der Waals surface area contributed by atoms with Gasteiger partial charge in [-0.25, -0.2) is 13.8 Å². The lowest BCUT2D eigenvalue weighted by molar-refractivity contribution is -0.0482. The second-order valence-electron chi connectivity index (χ2n) is 4.63. The zero-order valence-electron chi connectivity index (χ0n) is 9.87. The highest BCUT2D eigenvalue weighted by molar-refractivity contribution is 5.62. The van der Waals surface area contributed by atoms with Gasteiger partial charge >= 0.3 is 0 Å². The van der Waals surface area contributed by atoms with Gasteiger partial charge in [0.2, 0.25) is 5.92 Å². The summed E-state index contributed by atoms with van der Waals surface area (Å²) in [4.78, 5) is 6.19. The molecule has 1 saturated heterocycles. The molecule has 2 N–H and O–H groups in total. The first-order chi connectivity index (χ1) is 7.98. The van der Waals surface area contributed by atoms with E-state index in [-0.39, 0.29) is 0 Å². The second-order valence-corrected chi connectivity index (χ2v) is 4.63. The van der Waals surface area contributed by atoms with E-state index in [1.807, 2.05) is 4.90 Å². The highest BCUT2D eigenvalue weighted by Gasteiger charge is 2.36. The van der Waals surface area contributed by atoms with Crippen LogP contribution >= 0.6 is 0 Å². The summed E-state index contributed by atoms with van der Waals surface area (Å²) >= 11 is 0. The molecule has 2 rings (SSSR count). The van der Waals surface area contributed by atoms with Gasteiger partial charge < -0.3 is 10.6 Å². The molecule has 1 aromatic heterocycles. The van der Waals surface area contributed by atoms with Crippen molar-refractivity contribution in [1.29, 1.82) is 0 Å². The second kappa shape index (κ2) is 4.47. The van der Waals surface area contributed by atoms with Crippen molar-refractivity contribution in [3.05, 3.63) is 18.3 Å². The Bertz CT molecular complexity index is 382. The number of aromatic nitrogens is 1. The molecule has 1 aliphatic heterocycles. The Morgan fingerprint density at radius 3 is 2.59 bits per heavy atom. The fraction of sp³-hybridized carbons (Fsp3) is 0.583. The Morgan fingerprint density at radius 2 is 2.06 bits per heavy atom. The van der Waals surface area contributed by atoms with Crippen LogP contribution in [0.25, 0.3) is 0 Å². The van der Waals surface area contributed by atoms with Crippen LogP contribution < -0.4 is 10.6 Å². The molecule has 0 atom stereocenters. The van der Waals surface area contributed by atoms with Crippen LogP contribution in [0.1, 0.15) is 19.8 Å². The molecule has 94 valence electrons. The third kappa shape index (κ3) is 2.65. The van der Waals surface area contributed by atoms with Gasteiger partial charge in [0.1, 0.15) is 0 Å². The first-order valence-corrected chi connectivity index (χ1v) is 5.82. The highest BCUT2D eigenvalue weighted by atomic mass is 19.3. The van der Waals surface area contributed by atoms with E-state index in [2.05, 4.69) is 4.98 Å². The minimum Gasteiger partial charge on any atom is -0.396 e. The molecule has 1 aromatic rings. The minimum atomic E-state index is -2.58. The predicted octanol–water partition coefficient (Wildman–Crippen LogP) is 2.54. The minimum absolute atomic E-state index is 0.486. The van der Waals surface area contributed by atoms with Crippen molar-refractivity contribution in [2.75, 3.05) is 23.7 Å². The zero-order valence-corrected chi connectivity index (χ0v) is 9.87. The van der Waals surface area contributed by atoms with Crippen LogP contribution in [-0.2, 0) is 0 Å². The maximum Gasteiger partial charge on any atom is 0.248 e. The molecule has 0 spiro atoms. The number of rotatable bonds is 2. The maximum atomic E-state index is 13.2. The van der Waals surface area contributed by atoms with E-state index in [1.165, 1.54) is 0 Å². The number of nitrogens with zero attached hydrogens (tertiary/aromatic N) is 2. The topological polar surface area (TPSA) is 42.2 Å². The van der Waals surface area contributed by atoms with Crippen molar-refractivity contribution in [2.45, 2.75) is 25.7 Å². The molecule has 0 radical (unpaired) electrons. The van der Waals surface area contributed by atoms with Gasteiger partial charge in [-0.3, -0.25) is 0 Å². The predicted molar refractivity (Wildman–Crippen MR) is 64.2 cm³/mol. The van der Waals surface area contributed by atoms with Crippen LogP contribution in [0, 0.1) is 5.92 Å². The lowest BCUT2D eigenvalue weighted by Gasteiger charge is -2.35. The first kappa shape index (κ1) is 12.1. The summed E-state index contributed by atoms with van der Waals surface area (Å²) in [6.45, 7) is 2.19. The zero-order chi connectivity index (χ0) is 12.5. The Balaban J connectivity index is 2.03. The molecule has 0 saturated carbocycles. The number of alkyl halides is 2. The molecule has 2 heterocycles. The van der Waals surface area contributed by atoms with Crippen molar-refractivity contribution >= 4 is 11.5 Å². The van der Waals surface area contributed by atoms with Crippen molar-refractivity contribution in [1.82, 2.24) is 4.98 Å². The number of piperidine rings is 1. The number of nitrogen functional groups attached to an aromatic ring is 1. The van der Waals surface area contributed by atoms with Crippen LogP contribution in [0.5, 0.6) is 0 Å². The van der Waals surface area contributed by atoms with Crippen molar-refractivity contribution in [2.24, 2.45) is 5.92 Å². The molecular weight excluding hydrogens is 224 g/mol. The molecule has 3 nitrogen and oxygen atoms in total. The third-order valence-corrected chi connectivity index (χ3v) is 3.33. The van der Waals surface area contributed by atoms with Gasteiger partial charge in [0.05, 0.1) is 5.69 Å². The molecule has 0 aromatic carbocycles. The monoisotopic (exact) mass is 241 g/mol. The van der Waals surface area contributed by atoms with E-state index in [0.717, 1.165) is 6.92 Å². The van der Waals surface area contributed by atoms with Gasteiger partial charge in [0.25, 0.3) is 0 Å². The van der Waals surface area contributed by atoms with E-state index in [4.69, 9.17) is 5.73 Å². The van der Waals surface area contributed by atoms with Crippen molar-refractivity contribution in [3.8, 4) is 0 Å². The molecule has 1 aliphatic rings. The average molecular weight is 241 g/mol. The van der Waals surface area contributed by atoms with E-state index < -0.39 is 11.8 Å². The summed E-state index contributed by atoms with van der Waals surface area (Å²) in [5.41, 5.74) is 6.43. The SMILES string of the molecule is CC(F)(F)C1CCN(c2ncccc2N)CC1. The maximum absolute atomic E-state index is 13.2. The van der Waals surface area contributed by atoms with Crippen LogP contribution in [0.3, 0.4) is 0 Å². The Labute approximate surface area is 99.6 Å². The summed E-state index contributed by atoms with van der Waals surface area (Å²) in [6.07, 6.45) is 2.64. The van der Waals surface area contributed by atoms with E-state index in [0.29, 0.717) is 37.4 Å². The number of hydrogen-bond acceptors (Lipinski definition) is 3. The van der Waals surface area contributed by atoms with Gasteiger partial charge in [-0.1, -0.05) is 0 Å². The molecule has 0 aliphatic carbocycles. The van der Waals surface area contributed by atoms with Gasteiger partial charge in [-0.2, -0.15) is 0 Å². The van der Waals surface area contributed by atoms with Gasteiger partial charge in [0, 0.05) is 25.2 Å². The molecule has 17 heavy (non-hydrogen) atoms. The summed E-state index contributed by atoms with van der Waals surface area (Å²) in [5, 5.41) is 0. The molecule has 1 fully saturated rings. The van der Waals surface area contributed by atoms with E-state index in [1.54, 1.807) is 18.3 Å². The number of hydrogen-bond donors (Lipinski definition) is 1. The fourth-order valence-corrected chi connectivity index (χ4v) is 2.27. The Hall–Kier alpha value is -1.39. The third-order valence-electron chi connectivity index (χ3n) is 3.33. The molecule has 5 heteroatoms. The largest absolute Gasteiger partial charge is 0.396 e. The van der Waals surface area contributed by atoms with Gasteiger partial charge in [-0.05, 0) is 31.9 Å². The Kier molecular flexibility index (Phi) is 3.17. The number of halogens is 2. The van der Waals surface area contributed by atoms with E-state index in [9.17, 15) is 8.78 Å². The lowest BCUT2D eigenvalue weighted by atomic mass is 9.91. The van der Waals surface area contributed by atoms with Crippen LogP contribution in [0.15, 0.2) is 18.3 Å². The summed E-state index contributed by atoms with van der Waals surface area (Å²) in [6, 6.07) is 3.55. The quantitative estimate of drug-likeness (QED) is 0.865. The Morgan fingerprint density at radius 1 is 1.41 bits per heavy atom. The molecule has 0 amide bonds. The first-order valence-electron chi connectivity index (χ1n) is 5.82. The smallest absolute Gasteiger partial charge is 0.248 e. The average Bonchev–Trinajstić information content (AvgIpc) is 2.29. The van der Waals surface area contributed by atoms with Crippen molar-refractivity contribution in [3.63, 3.8) is 0 Å². The van der Waals surface area contributed by atoms with Gasteiger partial charge in [0.15, 0.2) is 5.82 Å². The summed E-state index contributed by atoms with van der Waals surface area (Å²) in [5.74, 6) is -2.39. The normalized spacial score (nSPS) is 18.4. The summed E-state index contributed by atoms with van der Waals surface area (Å²) < 4.78 is 26.3.